The number of para-hydroxylation sites is 2. The Labute approximate surface area is 100 Å². The quantitative estimate of drug-likeness (QED) is 0.721. The molecule has 0 saturated carbocycles. The lowest BCUT2D eigenvalue weighted by Crippen LogP contribution is -2.18. The fourth-order valence-corrected chi connectivity index (χ4v) is 2.45. The Morgan fingerprint density at radius 1 is 1.00 bits per heavy atom. The van der Waals surface area contributed by atoms with Crippen LogP contribution in [-0.4, -0.2) is 12.2 Å². The number of phenolic OH excluding ortho intramolecular Hbond substituents is 1. The van der Waals surface area contributed by atoms with E-state index in [2.05, 4.69) is 18.3 Å². The average molecular weight is 226 g/mol. The lowest BCUT2D eigenvalue weighted by Gasteiger charge is -2.32. The number of hydrogen-bond donors (Lipinski definition) is 2. The van der Waals surface area contributed by atoms with E-state index in [4.69, 9.17) is 0 Å². The third kappa shape index (κ3) is 1.35. The third-order valence-corrected chi connectivity index (χ3v) is 3.19. The zero-order chi connectivity index (χ0) is 12.0. The highest BCUT2D eigenvalue weighted by molar-refractivity contribution is 5.95. The number of rotatable bonds is 0. The summed E-state index contributed by atoms with van der Waals surface area (Å²) in [5.41, 5.74) is 5.14. The van der Waals surface area contributed by atoms with E-state index >= 15 is 0 Å². The Kier molecular flexibility index (Phi) is 2.01. The first-order valence-electron chi connectivity index (χ1n) is 5.61. The van der Waals surface area contributed by atoms with E-state index in [1.807, 2.05) is 36.2 Å². The molecule has 0 amide bonds. The summed E-state index contributed by atoms with van der Waals surface area (Å²) in [6, 6.07) is 11.7. The van der Waals surface area contributed by atoms with Crippen molar-refractivity contribution in [1.82, 2.24) is 0 Å². The standard InChI is InChI=1S/C14H14N2O/c1-9-5-3-6-10-13(9)16(2)14-11(15-10)7-4-8-12(14)17/h3-8,15,17H,1-2H3. The fourth-order valence-electron chi connectivity index (χ4n) is 2.45. The lowest BCUT2D eigenvalue weighted by atomic mass is 10.1. The minimum atomic E-state index is 0.298. The first-order valence-corrected chi connectivity index (χ1v) is 5.61. The first-order chi connectivity index (χ1) is 8.18. The van der Waals surface area contributed by atoms with Crippen LogP contribution in [-0.2, 0) is 0 Å². The number of aromatic hydroxyl groups is 1. The molecule has 0 bridgehead atoms. The van der Waals surface area contributed by atoms with Gasteiger partial charge in [-0.3, -0.25) is 0 Å². The maximum atomic E-state index is 9.96. The fraction of sp³-hybridized carbons (Fsp3) is 0.143. The smallest absolute Gasteiger partial charge is 0.141 e. The number of nitrogens with one attached hydrogen (secondary N) is 1. The van der Waals surface area contributed by atoms with Gasteiger partial charge in [0.05, 0.1) is 17.1 Å². The summed E-state index contributed by atoms with van der Waals surface area (Å²) in [5.74, 6) is 0.298. The molecule has 3 heteroatoms. The number of phenols is 1. The minimum absolute atomic E-state index is 0.298. The molecular formula is C14H14N2O. The molecule has 0 saturated heterocycles. The van der Waals surface area contributed by atoms with E-state index in [-0.39, 0.29) is 0 Å². The summed E-state index contributed by atoms with van der Waals surface area (Å²) >= 11 is 0. The molecule has 0 radical (unpaired) electrons. The largest absolute Gasteiger partial charge is 0.506 e. The van der Waals surface area contributed by atoms with Crippen LogP contribution >= 0.6 is 0 Å². The van der Waals surface area contributed by atoms with Crippen LogP contribution in [0.25, 0.3) is 0 Å². The average Bonchev–Trinajstić information content (AvgIpc) is 2.28. The number of aryl methyl sites for hydroxylation is 1. The maximum Gasteiger partial charge on any atom is 0.141 e. The second-order valence-electron chi connectivity index (χ2n) is 4.33. The van der Waals surface area contributed by atoms with Crippen LogP contribution in [0.15, 0.2) is 36.4 Å². The van der Waals surface area contributed by atoms with Gasteiger partial charge in [0.15, 0.2) is 0 Å². The molecule has 0 atom stereocenters. The first kappa shape index (κ1) is 10.0. The molecule has 1 aliphatic rings. The molecule has 3 nitrogen and oxygen atoms in total. The van der Waals surface area contributed by atoms with Crippen LogP contribution in [0.1, 0.15) is 5.56 Å². The van der Waals surface area contributed by atoms with Gasteiger partial charge in [-0.05, 0) is 30.7 Å². The van der Waals surface area contributed by atoms with Crippen molar-refractivity contribution in [3.63, 3.8) is 0 Å². The predicted octanol–water partition coefficient (Wildman–Crippen LogP) is 3.53. The van der Waals surface area contributed by atoms with Gasteiger partial charge in [0.1, 0.15) is 11.4 Å². The van der Waals surface area contributed by atoms with Crippen molar-refractivity contribution in [1.29, 1.82) is 0 Å². The van der Waals surface area contributed by atoms with Crippen molar-refractivity contribution in [2.24, 2.45) is 0 Å². The molecule has 17 heavy (non-hydrogen) atoms. The van der Waals surface area contributed by atoms with Gasteiger partial charge >= 0.3 is 0 Å². The molecule has 86 valence electrons. The zero-order valence-corrected chi connectivity index (χ0v) is 9.86. The highest BCUT2D eigenvalue weighted by Gasteiger charge is 2.23. The molecule has 3 rings (SSSR count). The van der Waals surface area contributed by atoms with Gasteiger partial charge in [0.25, 0.3) is 0 Å². The van der Waals surface area contributed by atoms with E-state index in [1.54, 1.807) is 6.07 Å². The van der Waals surface area contributed by atoms with Gasteiger partial charge in [-0.25, -0.2) is 0 Å². The maximum absolute atomic E-state index is 9.96. The highest BCUT2D eigenvalue weighted by atomic mass is 16.3. The number of anilines is 4. The Hall–Kier alpha value is -2.16. The SMILES string of the molecule is Cc1cccc2c1N(C)c1c(O)cccc1N2. The van der Waals surface area contributed by atoms with Crippen molar-refractivity contribution >= 4 is 22.7 Å². The van der Waals surface area contributed by atoms with E-state index in [9.17, 15) is 5.11 Å². The normalized spacial score (nSPS) is 12.7. The number of fused-ring (bicyclic) bond motifs is 2. The topological polar surface area (TPSA) is 35.5 Å². The Morgan fingerprint density at radius 3 is 2.41 bits per heavy atom. The highest BCUT2D eigenvalue weighted by Crippen LogP contribution is 2.47. The van der Waals surface area contributed by atoms with Gasteiger partial charge in [0.2, 0.25) is 0 Å². The van der Waals surface area contributed by atoms with Gasteiger partial charge in [-0.2, -0.15) is 0 Å². The zero-order valence-electron chi connectivity index (χ0n) is 9.86. The predicted molar refractivity (Wildman–Crippen MR) is 70.6 cm³/mol. The Bertz CT molecular complexity index is 541. The van der Waals surface area contributed by atoms with Crippen molar-refractivity contribution < 1.29 is 5.11 Å². The molecule has 1 heterocycles. The van der Waals surface area contributed by atoms with E-state index in [0.717, 1.165) is 22.7 Å². The van der Waals surface area contributed by atoms with Crippen molar-refractivity contribution in [3.8, 4) is 5.75 Å². The molecule has 0 spiro atoms. The van der Waals surface area contributed by atoms with Crippen LogP contribution in [0, 0.1) is 6.92 Å². The molecule has 0 unspecified atom stereocenters. The molecule has 1 aliphatic heterocycles. The van der Waals surface area contributed by atoms with E-state index in [0.29, 0.717) is 5.75 Å². The van der Waals surface area contributed by atoms with Crippen molar-refractivity contribution in [3.05, 3.63) is 42.0 Å². The van der Waals surface area contributed by atoms with Crippen LogP contribution in [0.5, 0.6) is 5.75 Å². The van der Waals surface area contributed by atoms with E-state index < -0.39 is 0 Å². The molecule has 2 N–H and O–H groups in total. The molecule has 2 aromatic carbocycles. The second-order valence-corrected chi connectivity index (χ2v) is 4.33. The summed E-state index contributed by atoms with van der Waals surface area (Å²) in [4.78, 5) is 2.03. The summed E-state index contributed by atoms with van der Waals surface area (Å²) < 4.78 is 0. The van der Waals surface area contributed by atoms with Crippen LogP contribution in [0.2, 0.25) is 0 Å². The van der Waals surface area contributed by atoms with Crippen molar-refractivity contribution in [2.45, 2.75) is 6.92 Å². The minimum Gasteiger partial charge on any atom is -0.506 e. The summed E-state index contributed by atoms with van der Waals surface area (Å²) in [6.45, 7) is 2.07. The Morgan fingerprint density at radius 2 is 1.65 bits per heavy atom. The number of nitrogens with zero attached hydrogens (tertiary/aromatic N) is 1. The lowest BCUT2D eigenvalue weighted by molar-refractivity contribution is 0.476. The summed E-state index contributed by atoms with van der Waals surface area (Å²) in [5, 5.41) is 13.3. The molecule has 0 fully saturated rings. The van der Waals surface area contributed by atoms with Gasteiger partial charge in [-0.15, -0.1) is 0 Å². The van der Waals surface area contributed by atoms with Gasteiger partial charge < -0.3 is 15.3 Å². The molecule has 0 aromatic heterocycles. The van der Waals surface area contributed by atoms with Crippen molar-refractivity contribution in [2.75, 3.05) is 17.3 Å². The number of benzene rings is 2. The molecule has 0 aliphatic carbocycles. The van der Waals surface area contributed by atoms with E-state index in [1.165, 1.54) is 5.56 Å². The van der Waals surface area contributed by atoms with Crippen LogP contribution in [0.4, 0.5) is 22.7 Å². The van der Waals surface area contributed by atoms with Crippen LogP contribution < -0.4 is 10.2 Å². The second kappa shape index (κ2) is 3.42. The van der Waals surface area contributed by atoms with Crippen LogP contribution in [0.3, 0.4) is 0 Å². The summed E-state index contributed by atoms with van der Waals surface area (Å²) in [7, 11) is 1.98. The molecule has 2 aromatic rings. The number of hydrogen-bond acceptors (Lipinski definition) is 3. The summed E-state index contributed by atoms with van der Waals surface area (Å²) in [6.07, 6.45) is 0. The third-order valence-electron chi connectivity index (χ3n) is 3.19. The van der Waals surface area contributed by atoms with Gasteiger partial charge in [0, 0.05) is 7.05 Å². The van der Waals surface area contributed by atoms with Gasteiger partial charge in [-0.1, -0.05) is 18.2 Å². The Balaban J connectivity index is 2.26. The monoisotopic (exact) mass is 226 g/mol. The molecular weight excluding hydrogens is 212 g/mol.